The largest absolute Gasteiger partial charge is 0.489 e. The van der Waals surface area contributed by atoms with Crippen LogP contribution in [0.15, 0.2) is 72.8 Å². The van der Waals surface area contributed by atoms with Gasteiger partial charge < -0.3 is 9.47 Å². The molecule has 0 heterocycles. The SMILES string of the molecule is CC.Cc1ccc(Oc2cccc(OCc3ccc(F)cc3)c2)cc1. The Bertz CT molecular complexity index is 765. The van der Waals surface area contributed by atoms with E-state index in [0.29, 0.717) is 18.1 Å². The zero-order valence-electron chi connectivity index (χ0n) is 14.8. The topological polar surface area (TPSA) is 18.5 Å². The van der Waals surface area contributed by atoms with E-state index in [1.165, 1.54) is 17.7 Å². The normalized spacial score (nSPS) is 9.76. The number of halogens is 1. The fourth-order valence-corrected chi connectivity index (χ4v) is 2.12. The number of aryl methyl sites for hydroxylation is 1. The van der Waals surface area contributed by atoms with E-state index in [0.717, 1.165) is 11.3 Å². The van der Waals surface area contributed by atoms with Gasteiger partial charge >= 0.3 is 0 Å². The van der Waals surface area contributed by atoms with E-state index in [2.05, 4.69) is 0 Å². The summed E-state index contributed by atoms with van der Waals surface area (Å²) < 4.78 is 24.4. The Hall–Kier alpha value is -2.81. The second-order valence-corrected chi connectivity index (χ2v) is 5.31. The van der Waals surface area contributed by atoms with Crippen LogP contribution < -0.4 is 9.47 Å². The van der Waals surface area contributed by atoms with Gasteiger partial charge in [-0.15, -0.1) is 0 Å². The van der Waals surface area contributed by atoms with Crippen LogP contribution in [0.25, 0.3) is 0 Å². The molecule has 0 aliphatic carbocycles. The van der Waals surface area contributed by atoms with E-state index in [1.54, 1.807) is 12.1 Å². The van der Waals surface area contributed by atoms with Crippen LogP contribution in [0.1, 0.15) is 25.0 Å². The Labute approximate surface area is 148 Å². The summed E-state index contributed by atoms with van der Waals surface area (Å²) in [6, 6.07) is 21.6. The first-order valence-corrected chi connectivity index (χ1v) is 8.41. The Morgan fingerprint density at radius 3 is 2.08 bits per heavy atom. The van der Waals surface area contributed by atoms with Crippen molar-refractivity contribution in [2.45, 2.75) is 27.4 Å². The van der Waals surface area contributed by atoms with Crippen molar-refractivity contribution < 1.29 is 13.9 Å². The van der Waals surface area contributed by atoms with Crippen molar-refractivity contribution in [2.75, 3.05) is 0 Å². The Balaban J connectivity index is 0.00000109. The Morgan fingerprint density at radius 2 is 1.40 bits per heavy atom. The summed E-state index contributed by atoms with van der Waals surface area (Å²) in [6.45, 7) is 6.42. The van der Waals surface area contributed by atoms with Crippen LogP contribution in [-0.4, -0.2) is 0 Å². The van der Waals surface area contributed by atoms with Crippen LogP contribution in [0.3, 0.4) is 0 Å². The highest BCUT2D eigenvalue weighted by atomic mass is 19.1. The van der Waals surface area contributed by atoms with E-state index in [1.807, 2.05) is 69.3 Å². The molecule has 3 rings (SSSR count). The van der Waals surface area contributed by atoms with Gasteiger partial charge in [0.1, 0.15) is 29.7 Å². The van der Waals surface area contributed by atoms with Crippen LogP contribution in [-0.2, 0) is 6.61 Å². The highest BCUT2D eigenvalue weighted by molar-refractivity contribution is 5.37. The maximum Gasteiger partial charge on any atom is 0.131 e. The predicted molar refractivity (Wildman–Crippen MR) is 99.8 cm³/mol. The molecule has 3 aromatic carbocycles. The smallest absolute Gasteiger partial charge is 0.131 e. The molecule has 0 aromatic heterocycles. The lowest BCUT2D eigenvalue weighted by Crippen LogP contribution is -1.95. The van der Waals surface area contributed by atoms with E-state index < -0.39 is 0 Å². The zero-order chi connectivity index (χ0) is 18.1. The monoisotopic (exact) mass is 338 g/mol. The molecule has 0 amide bonds. The number of hydrogen-bond donors (Lipinski definition) is 0. The Kier molecular flexibility index (Phi) is 7.02. The van der Waals surface area contributed by atoms with Gasteiger partial charge in [-0.1, -0.05) is 49.7 Å². The second-order valence-electron chi connectivity index (χ2n) is 5.31. The molecule has 25 heavy (non-hydrogen) atoms. The molecule has 2 nitrogen and oxygen atoms in total. The number of benzene rings is 3. The van der Waals surface area contributed by atoms with Crippen molar-refractivity contribution >= 4 is 0 Å². The first-order chi connectivity index (χ1) is 12.2. The van der Waals surface area contributed by atoms with Crippen LogP contribution in [0, 0.1) is 12.7 Å². The molecule has 0 radical (unpaired) electrons. The standard InChI is InChI=1S/C20H17FO2.C2H6/c1-15-5-11-18(12-6-15)23-20-4-2-3-19(13-20)22-14-16-7-9-17(21)10-8-16;1-2/h2-13H,14H2,1H3;1-2H3. The third-order valence-electron chi connectivity index (χ3n) is 3.38. The van der Waals surface area contributed by atoms with Crippen molar-refractivity contribution in [3.63, 3.8) is 0 Å². The number of rotatable bonds is 5. The summed E-state index contributed by atoms with van der Waals surface area (Å²) in [4.78, 5) is 0. The van der Waals surface area contributed by atoms with Crippen molar-refractivity contribution in [3.8, 4) is 17.2 Å². The van der Waals surface area contributed by atoms with Crippen molar-refractivity contribution in [1.29, 1.82) is 0 Å². The van der Waals surface area contributed by atoms with Crippen molar-refractivity contribution in [2.24, 2.45) is 0 Å². The van der Waals surface area contributed by atoms with Gasteiger partial charge in [-0.25, -0.2) is 4.39 Å². The summed E-state index contributed by atoms with van der Waals surface area (Å²) in [5, 5.41) is 0. The molecular formula is C22H23FO2. The molecule has 0 aliphatic rings. The molecule has 3 aromatic rings. The van der Waals surface area contributed by atoms with Crippen molar-refractivity contribution in [3.05, 3.63) is 89.7 Å². The third-order valence-corrected chi connectivity index (χ3v) is 3.38. The second kappa shape index (κ2) is 9.48. The van der Waals surface area contributed by atoms with E-state index in [4.69, 9.17) is 9.47 Å². The fourth-order valence-electron chi connectivity index (χ4n) is 2.12. The fraction of sp³-hybridized carbons (Fsp3) is 0.182. The highest BCUT2D eigenvalue weighted by Gasteiger charge is 2.01. The van der Waals surface area contributed by atoms with Crippen LogP contribution in [0.2, 0.25) is 0 Å². The van der Waals surface area contributed by atoms with Crippen molar-refractivity contribution in [1.82, 2.24) is 0 Å². The average Bonchev–Trinajstić information content (AvgIpc) is 2.65. The lowest BCUT2D eigenvalue weighted by molar-refractivity contribution is 0.304. The third kappa shape index (κ3) is 5.96. The first-order valence-electron chi connectivity index (χ1n) is 8.41. The maximum absolute atomic E-state index is 12.9. The van der Waals surface area contributed by atoms with Crippen LogP contribution in [0.4, 0.5) is 4.39 Å². The first kappa shape index (κ1) is 18.5. The van der Waals surface area contributed by atoms with Crippen LogP contribution in [0.5, 0.6) is 17.2 Å². The molecular weight excluding hydrogens is 315 g/mol. The molecule has 3 heteroatoms. The highest BCUT2D eigenvalue weighted by Crippen LogP contribution is 2.26. The summed E-state index contributed by atoms with van der Waals surface area (Å²) >= 11 is 0. The van der Waals surface area contributed by atoms with Gasteiger partial charge in [-0.3, -0.25) is 0 Å². The van der Waals surface area contributed by atoms with Gasteiger partial charge in [0.2, 0.25) is 0 Å². The minimum absolute atomic E-state index is 0.248. The summed E-state index contributed by atoms with van der Waals surface area (Å²) in [5.74, 6) is 1.96. The van der Waals surface area contributed by atoms with Gasteiger partial charge in [0.05, 0.1) is 0 Å². The minimum Gasteiger partial charge on any atom is -0.489 e. The lowest BCUT2D eigenvalue weighted by atomic mass is 10.2. The van der Waals surface area contributed by atoms with Gasteiger partial charge in [0, 0.05) is 6.07 Å². The molecule has 0 unspecified atom stereocenters. The maximum atomic E-state index is 12.9. The average molecular weight is 338 g/mol. The lowest BCUT2D eigenvalue weighted by Gasteiger charge is -2.09. The number of ether oxygens (including phenoxy) is 2. The van der Waals surface area contributed by atoms with Gasteiger partial charge in [0.25, 0.3) is 0 Å². The molecule has 0 atom stereocenters. The van der Waals surface area contributed by atoms with E-state index in [-0.39, 0.29) is 5.82 Å². The molecule has 0 saturated heterocycles. The minimum atomic E-state index is -0.248. The molecule has 0 saturated carbocycles. The number of hydrogen-bond acceptors (Lipinski definition) is 2. The Morgan fingerprint density at radius 1 is 0.760 bits per heavy atom. The molecule has 0 N–H and O–H groups in total. The molecule has 130 valence electrons. The van der Waals surface area contributed by atoms with Crippen LogP contribution >= 0.6 is 0 Å². The van der Waals surface area contributed by atoms with E-state index in [9.17, 15) is 4.39 Å². The van der Waals surface area contributed by atoms with Gasteiger partial charge in [-0.05, 0) is 48.9 Å². The summed E-state index contributed by atoms with van der Waals surface area (Å²) in [6.07, 6.45) is 0. The molecule has 0 spiro atoms. The quantitative estimate of drug-likeness (QED) is 0.526. The van der Waals surface area contributed by atoms with E-state index >= 15 is 0 Å². The summed E-state index contributed by atoms with van der Waals surface area (Å²) in [5.41, 5.74) is 2.10. The van der Waals surface area contributed by atoms with Gasteiger partial charge in [0.15, 0.2) is 0 Å². The zero-order valence-corrected chi connectivity index (χ0v) is 14.8. The molecule has 0 bridgehead atoms. The summed E-state index contributed by atoms with van der Waals surface area (Å²) in [7, 11) is 0. The predicted octanol–water partition coefficient (Wildman–Crippen LogP) is 6.53. The van der Waals surface area contributed by atoms with Gasteiger partial charge in [-0.2, -0.15) is 0 Å². The molecule has 0 aliphatic heterocycles. The molecule has 0 fully saturated rings.